The minimum absolute atomic E-state index is 0.0432. The summed E-state index contributed by atoms with van der Waals surface area (Å²) in [6, 6.07) is 3.44. The first-order valence-corrected chi connectivity index (χ1v) is 8.94. The van der Waals surface area contributed by atoms with Crippen molar-refractivity contribution in [3.05, 3.63) is 17.0 Å². The lowest BCUT2D eigenvalue weighted by atomic mass is 10.0. The molecule has 1 N–H and O–H groups in total. The molecule has 0 saturated carbocycles. The highest BCUT2D eigenvalue weighted by Crippen LogP contribution is 2.29. The van der Waals surface area contributed by atoms with Crippen LogP contribution in [-0.4, -0.2) is 61.6 Å². The van der Waals surface area contributed by atoms with Crippen LogP contribution >= 0.6 is 11.3 Å². The first kappa shape index (κ1) is 15.9. The third-order valence-corrected chi connectivity index (χ3v) is 7.33. The molecule has 7 heteroatoms. The molecule has 0 amide bonds. The Labute approximate surface area is 124 Å². The largest absolute Gasteiger partial charge is 0.396 e. The average molecular weight is 318 g/mol. The first-order valence-electron chi connectivity index (χ1n) is 6.68. The fourth-order valence-corrected chi connectivity index (χ4v) is 5.35. The van der Waals surface area contributed by atoms with Crippen molar-refractivity contribution in [3.63, 3.8) is 0 Å². The van der Waals surface area contributed by atoms with Crippen LogP contribution in [0.5, 0.6) is 0 Å². The van der Waals surface area contributed by atoms with Crippen molar-refractivity contribution < 1.29 is 13.5 Å². The Morgan fingerprint density at radius 1 is 1.35 bits per heavy atom. The quantitative estimate of drug-likeness (QED) is 0.900. The maximum atomic E-state index is 12.7. The molecule has 1 aromatic rings. The standard InChI is InChI=1S/C13H22N2O3S2/c1-13(2)10-15(8-7-14(13)3)20(17,18)12-5-4-11(19-12)6-9-16/h4-5,16H,6-10H2,1-3H3. The lowest BCUT2D eigenvalue weighted by molar-refractivity contribution is 0.0802. The number of thiophene rings is 1. The molecule has 1 saturated heterocycles. The van der Waals surface area contributed by atoms with E-state index in [1.165, 1.54) is 11.3 Å². The second-order valence-corrected chi connectivity index (χ2v) is 9.10. The summed E-state index contributed by atoms with van der Waals surface area (Å²) < 4.78 is 27.3. The molecular formula is C13H22N2O3S2. The second-order valence-electron chi connectivity index (χ2n) is 5.77. The van der Waals surface area contributed by atoms with Gasteiger partial charge in [0.15, 0.2) is 0 Å². The predicted molar refractivity (Wildman–Crippen MR) is 80.6 cm³/mol. The molecule has 0 aromatic carbocycles. The maximum absolute atomic E-state index is 12.7. The number of sulfonamides is 1. The number of hydrogen-bond donors (Lipinski definition) is 1. The molecule has 20 heavy (non-hydrogen) atoms. The molecule has 114 valence electrons. The van der Waals surface area contributed by atoms with Crippen LogP contribution in [0.15, 0.2) is 16.3 Å². The fourth-order valence-electron chi connectivity index (χ4n) is 2.27. The van der Waals surface area contributed by atoms with E-state index in [4.69, 9.17) is 5.11 Å². The van der Waals surface area contributed by atoms with E-state index in [-0.39, 0.29) is 12.1 Å². The molecule has 2 heterocycles. The average Bonchev–Trinajstić information content (AvgIpc) is 2.82. The van der Waals surface area contributed by atoms with E-state index < -0.39 is 10.0 Å². The SMILES string of the molecule is CN1CCN(S(=O)(=O)c2ccc(CCO)s2)CC1(C)C. The highest BCUT2D eigenvalue weighted by molar-refractivity contribution is 7.91. The van der Waals surface area contributed by atoms with Gasteiger partial charge in [0, 0.05) is 43.1 Å². The molecule has 1 fully saturated rings. The topological polar surface area (TPSA) is 60.9 Å². The lowest BCUT2D eigenvalue weighted by Crippen LogP contribution is -2.58. The van der Waals surface area contributed by atoms with E-state index in [1.807, 2.05) is 7.05 Å². The summed E-state index contributed by atoms with van der Waals surface area (Å²) in [6.45, 7) is 5.91. The van der Waals surface area contributed by atoms with Gasteiger partial charge in [0.05, 0.1) is 0 Å². The zero-order chi connectivity index (χ0) is 15.0. The van der Waals surface area contributed by atoms with Gasteiger partial charge in [0.1, 0.15) is 4.21 Å². The van der Waals surface area contributed by atoms with E-state index in [0.717, 1.165) is 11.4 Å². The van der Waals surface area contributed by atoms with Gasteiger partial charge in [-0.1, -0.05) is 0 Å². The number of aliphatic hydroxyl groups excluding tert-OH is 1. The molecule has 1 aromatic heterocycles. The van der Waals surface area contributed by atoms with E-state index in [2.05, 4.69) is 18.7 Å². The lowest BCUT2D eigenvalue weighted by Gasteiger charge is -2.44. The third kappa shape index (κ3) is 3.07. The normalized spacial score (nSPS) is 21.2. The molecule has 0 unspecified atom stereocenters. The minimum atomic E-state index is -3.41. The number of hydrogen-bond acceptors (Lipinski definition) is 5. The van der Waals surface area contributed by atoms with Gasteiger partial charge >= 0.3 is 0 Å². The number of likely N-dealkylation sites (N-methyl/N-ethyl adjacent to an activating group) is 1. The summed E-state index contributed by atoms with van der Waals surface area (Å²) in [5, 5.41) is 8.92. The Bertz CT molecular complexity index is 566. The molecule has 0 bridgehead atoms. The highest BCUT2D eigenvalue weighted by Gasteiger charge is 2.37. The van der Waals surface area contributed by atoms with Crippen molar-refractivity contribution in [1.82, 2.24) is 9.21 Å². The molecular weight excluding hydrogens is 296 g/mol. The summed E-state index contributed by atoms with van der Waals surface area (Å²) in [7, 11) is -1.39. The van der Waals surface area contributed by atoms with Gasteiger partial charge in [0.2, 0.25) is 0 Å². The second kappa shape index (κ2) is 5.73. The van der Waals surface area contributed by atoms with Crippen LogP contribution in [0.1, 0.15) is 18.7 Å². The first-order chi connectivity index (χ1) is 9.27. The van der Waals surface area contributed by atoms with E-state index in [1.54, 1.807) is 16.4 Å². The Kier molecular flexibility index (Phi) is 4.56. The number of rotatable bonds is 4. The number of piperazine rings is 1. The molecule has 0 radical (unpaired) electrons. The summed E-state index contributed by atoms with van der Waals surface area (Å²) >= 11 is 1.26. The molecule has 1 aliphatic heterocycles. The van der Waals surface area contributed by atoms with Crippen LogP contribution in [0, 0.1) is 0 Å². The molecule has 1 aliphatic rings. The summed E-state index contributed by atoms with van der Waals surface area (Å²) in [6.07, 6.45) is 0.508. The zero-order valence-corrected chi connectivity index (χ0v) is 13.8. The van der Waals surface area contributed by atoms with Crippen molar-refractivity contribution >= 4 is 21.4 Å². The van der Waals surface area contributed by atoms with Crippen molar-refractivity contribution in [1.29, 1.82) is 0 Å². The van der Waals surface area contributed by atoms with Gasteiger partial charge < -0.3 is 5.11 Å². The van der Waals surface area contributed by atoms with Gasteiger partial charge in [0.25, 0.3) is 10.0 Å². The van der Waals surface area contributed by atoms with Crippen LogP contribution in [0.25, 0.3) is 0 Å². The molecule has 2 rings (SSSR count). The maximum Gasteiger partial charge on any atom is 0.252 e. The molecule has 5 nitrogen and oxygen atoms in total. The van der Waals surface area contributed by atoms with Crippen LogP contribution < -0.4 is 0 Å². The van der Waals surface area contributed by atoms with Gasteiger partial charge in [-0.05, 0) is 33.0 Å². The van der Waals surface area contributed by atoms with Crippen LogP contribution in [0.4, 0.5) is 0 Å². The Balaban J connectivity index is 2.21. The highest BCUT2D eigenvalue weighted by atomic mass is 32.2. The van der Waals surface area contributed by atoms with Crippen molar-refractivity contribution in [2.45, 2.75) is 30.0 Å². The van der Waals surface area contributed by atoms with Gasteiger partial charge in [-0.15, -0.1) is 11.3 Å². The zero-order valence-electron chi connectivity index (χ0n) is 12.2. The van der Waals surface area contributed by atoms with Crippen molar-refractivity contribution in [3.8, 4) is 0 Å². The van der Waals surface area contributed by atoms with Crippen LogP contribution in [0.3, 0.4) is 0 Å². The third-order valence-electron chi connectivity index (χ3n) is 3.87. The minimum Gasteiger partial charge on any atom is -0.396 e. The van der Waals surface area contributed by atoms with Crippen molar-refractivity contribution in [2.75, 3.05) is 33.3 Å². The van der Waals surface area contributed by atoms with Crippen LogP contribution in [0.2, 0.25) is 0 Å². The summed E-state index contributed by atoms with van der Waals surface area (Å²) in [5.41, 5.74) is -0.156. The van der Waals surface area contributed by atoms with Crippen LogP contribution in [-0.2, 0) is 16.4 Å². The Morgan fingerprint density at radius 2 is 2.05 bits per heavy atom. The van der Waals surface area contributed by atoms with E-state index in [9.17, 15) is 8.42 Å². The predicted octanol–water partition coefficient (Wildman–Crippen LogP) is 0.998. The molecule has 0 spiro atoms. The van der Waals surface area contributed by atoms with E-state index in [0.29, 0.717) is 23.7 Å². The van der Waals surface area contributed by atoms with E-state index >= 15 is 0 Å². The van der Waals surface area contributed by atoms with Gasteiger partial charge in [-0.3, -0.25) is 4.90 Å². The van der Waals surface area contributed by atoms with Gasteiger partial charge in [-0.2, -0.15) is 4.31 Å². The monoisotopic (exact) mass is 318 g/mol. The summed E-state index contributed by atoms with van der Waals surface area (Å²) in [4.78, 5) is 3.09. The Morgan fingerprint density at radius 3 is 2.65 bits per heavy atom. The number of nitrogens with zero attached hydrogens (tertiary/aromatic N) is 2. The molecule has 0 aliphatic carbocycles. The number of aliphatic hydroxyl groups is 1. The summed E-state index contributed by atoms with van der Waals surface area (Å²) in [5.74, 6) is 0. The van der Waals surface area contributed by atoms with Crippen molar-refractivity contribution in [2.24, 2.45) is 0 Å². The smallest absolute Gasteiger partial charge is 0.252 e. The fraction of sp³-hybridized carbons (Fsp3) is 0.692. The molecule has 0 atom stereocenters. The Hall–Kier alpha value is -0.470. The van der Waals surface area contributed by atoms with Gasteiger partial charge in [-0.25, -0.2) is 8.42 Å².